The summed E-state index contributed by atoms with van der Waals surface area (Å²) in [6, 6.07) is 4.59. The Hall–Kier alpha value is -1.92. The van der Waals surface area contributed by atoms with Crippen LogP contribution in [0.2, 0.25) is 0 Å². The highest BCUT2D eigenvalue weighted by molar-refractivity contribution is 5.57. The zero-order valence-corrected chi connectivity index (χ0v) is 15.9. The first-order valence-corrected chi connectivity index (χ1v) is 9.35. The van der Waals surface area contributed by atoms with E-state index in [1.165, 1.54) is 25.5 Å². The van der Waals surface area contributed by atoms with E-state index in [1.807, 2.05) is 6.92 Å². The summed E-state index contributed by atoms with van der Waals surface area (Å²) >= 11 is 0. The molecule has 1 aliphatic rings. The van der Waals surface area contributed by atoms with E-state index in [0.29, 0.717) is 17.2 Å². The first-order chi connectivity index (χ1) is 12.6. The second-order valence-corrected chi connectivity index (χ2v) is 6.84. The molecule has 2 heterocycles. The quantitative estimate of drug-likeness (QED) is 0.752. The minimum absolute atomic E-state index is 0.315. The summed E-state index contributed by atoms with van der Waals surface area (Å²) in [6.45, 7) is 10.3. The van der Waals surface area contributed by atoms with Crippen molar-refractivity contribution >= 4 is 0 Å². The first-order valence-electron chi connectivity index (χ1n) is 9.35. The summed E-state index contributed by atoms with van der Waals surface area (Å²) < 4.78 is 25.1. The number of piperazine rings is 1. The maximum Gasteiger partial charge on any atom is 0.229 e. The molecule has 26 heavy (non-hydrogen) atoms. The average Bonchev–Trinajstić information content (AvgIpc) is 3.02. The Morgan fingerprint density at radius 2 is 1.92 bits per heavy atom. The predicted molar refractivity (Wildman–Crippen MR) is 99.8 cm³/mol. The number of rotatable bonds is 7. The summed E-state index contributed by atoms with van der Waals surface area (Å²) in [5.41, 5.74) is 1.22. The van der Waals surface area contributed by atoms with Crippen LogP contribution in [0.5, 0.6) is 5.75 Å². The van der Waals surface area contributed by atoms with Gasteiger partial charge in [0.1, 0.15) is 17.3 Å². The Bertz CT molecular complexity index is 724. The van der Waals surface area contributed by atoms with Crippen molar-refractivity contribution in [2.24, 2.45) is 0 Å². The molecule has 1 saturated heterocycles. The largest absolute Gasteiger partial charge is 0.497 e. The number of ether oxygens (including phenoxy) is 1. The SMILES string of the molecule is CCCCN1CCN(Cc2nc(-c3cc(OC)ccc3F)oc2C)CC1. The van der Waals surface area contributed by atoms with Crippen molar-refractivity contribution in [1.82, 2.24) is 14.8 Å². The molecule has 5 nitrogen and oxygen atoms in total. The standard InChI is InChI=1S/C20H28FN3O2/c1-4-5-8-23-9-11-24(12-10-23)14-19-15(2)26-20(22-19)17-13-16(25-3)6-7-18(17)21/h6-7,13H,4-5,8-12,14H2,1-3H3. The summed E-state index contributed by atoms with van der Waals surface area (Å²) in [5, 5.41) is 0. The second kappa shape index (κ2) is 8.64. The fraction of sp³-hybridized carbons (Fsp3) is 0.550. The fourth-order valence-electron chi connectivity index (χ4n) is 3.25. The lowest BCUT2D eigenvalue weighted by Gasteiger charge is -2.34. The van der Waals surface area contributed by atoms with Gasteiger partial charge in [0.25, 0.3) is 0 Å². The van der Waals surface area contributed by atoms with Gasteiger partial charge in [0.05, 0.1) is 18.4 Å². The van der Waals surface area contributed by atoms with Gasteiger partial charge in [0.2, 0.25) is 5.89 Å². The predicted octanol–water partition coefficient (Wildman–Crippen LogP) is 3.72. The molecule has 142 valence electrons. The second-order valence-electron chi connectivity index (χ2n) is 6.84. The molecule has 0 N–H and O–H groups in total. The van der Waals surface area contributed by atoms with Gasteiger partial charge in [-0.25, -0.2) is 9.37 Å². The summed E-state index contributed by atoms with van der Waals surface area (Å²) in [4.78, 5) is 9.47. The highest BCUT2D eigenvalue weighted by atomic mass is 19.1. The number of nitrogens with zero attached hydrogens (tertiary/aromatic N) is 3. The van der Waals surface area contributed by atoms with Crippen molar-refractivity contribution < 1.29 is 13.5 Å². The van der Waals surface area contributed by atoms with E-state index >= 15 is 0 Å². The number of aryl methyl sites for hydroxylation is 1. The maximum atomic E-state index is 14.2. The van der Waals surface area contributed by atoms with Gasteiger partial charge in [-0.15, -0.1) is 0 Å². The summed E-state index contributed by atoms with van der Waals surface area (Å²) in [6.07, 6.45) is 2.50. The topological polar surface area (TPSA) is 41.7 Å². The molecular formula is C20H28FN3O2. The van der Waals surface area contributed by atoms with Crippen LogP contribution in [0, 0.1) is 12.7 Å². The van der Waals surface area contributed by atoms with E-state index in [4.69, 9.17) is 9.15 Å². The average molecular weight is 361 g/mol. The highest BCUT2D eigenvalue weighted by Crippen LogP contribution is 2.28. The smallest absolute Gasteiger partial charge is 0.229 e. The zero-order chi connectivity index (χ0) is 18.5. The zero-order valence-electron chi connectivity index (χ0n) is 15.9. The van der Waals surface area contributed by atoms with Crippen LogP contribution < -0.4 is 4.74 Å². The van der Waals surface area contributed by atoms with E-state index in [0.717, 1.165) is 44.2 Å². The van der Waals surface area contributed by atoms with E-state index in [-0.39, 0.29) is 5.82 Å². The number of hydrogen-bond acceptors (Lipinski definition) is 5. The molecule has 0 radical (unpaired) electrons. The highest BCUT2D eigenvalue weighted by Gasteiger charge is 2.21. The molecule has 1 aromatic carbocycles. The minimum atomic E-state index is -0.358. The van der Waals surface area contributed by atoms with Gasteiger partial charge in [0, 0.05) is 32.7 Å². The lowest BCUT2D eigenvalue weighted by molar-refractivity contribution is 0.124. The van der Waals surface area contributed by atoms with Gasteiger partial charge in [-0.3, -0.25) is 4.90 Å². The molecule has 6 heteroatoms. The Kier molecular flexibility index (Phi) is 6.27. The number of unbranched alkanes of at least 4 members (excludes halogenated alkanes) is 1. The third kappa shape index (κ3) is 4.43. The molecule has 0 unspecified atom stereocenters. The fourth-order valence-corrected chi connectivity index (χ4v) is 3.25. The van der Waals surface area contributed by atoms with Crippen LogP contribution in [0.25, 0.3) is 11.5 Å². The van der Waals surface area contributed by atoms with Crippen LogP contribution >= 0.6 is 0 Å². The number of oxazole rings is 1. The molecule has 1 aliphatic heterocycles. The van der Waals surface area contributed by atoms with E-state index < -0.39 is 0 Å². The van der Waals surface area contributed by atoms with Crippen molar-refractivity contribution in [2.45, 2.75) is 33.2 Å². The normalized spacial score (nSPS) is 16.2. The monoisotopic (exact) mass is 361 g/mol. The summed E-state index contributed by atoms with van der Waals surface area (Å²) in [7, 11) is 1.56. The molecule has 0 amide bonds. The number of halogens is 1. The van der Waals surface area contributed by atoms with Crippen LogP contribution in [0.15, 0.2) is 22.6 Å². The Morgan fingerprint density at radius 3 is 2.62 bits per heavy atom. The Balaban J connectivity index is 1.66. The van der Waals surface area contributed by atoms with Crippen molar-refractivity contribution in [3.05, 3.63) is 35.5 Å². The van der Waals surface area contributed by atoms with E-state index in [2.05, 4.69) is 21.7 Å². The van der Waals surface area contributed by atoms with Crippen molar-refractivity contribution in [2.75, 3.05) is 39.8 Å². The summed E-state index contributed by atoms with van der Waals surface area (Å²) in [5.74, 6) is 1.29. The molecule has 0 saturated carbocycles. The number of methoxy groups -OCH3 is 1. The molecular weight excluding hydrogens is 333 g/mol. The molecule has 1 fully saturated rings. The lowest BCUT2D eigenvalue weighted by Crippen LogP contribution is -2.46. The van der Waals surface area contributed by atoms with Crippen molar-refractivity contribution in [3.8, 4) is 17.2 Å². The molecule has 0 atom stereocenters. The maximum absolute atomic E-state index is 14.2. The van der Waals surface area contributed by atoms with Gasteiger partial charge in [-0.2, -0.15) is 0 Å². The molecule has 2 aromatic rings. The molecule has 0 spiro atoms. The third-order valence-electron chi connectivity index (χ3n) is 4.96. The van der Waals surface area contributed by atoms with Gasteiger partial charge >= 0.3 is 0 Å². The molecule has 0 bridgehead atoms. The van der Waals surface area contributed by atoms with E-state index in [1.54, 1.807) is 19.2 Å². The molecule has 3 rings (SSSR count). The van der Waals surface area contributed by atoms with Crippen LogP contribution in [-0.2, 0) is 6.54 Å². The molecule has 0 aliphatic carbocycles. The number of aromatic nitrogens is 1. The van der Waals surface area contributed by atoms with Gasteiger partial charge < -0.3 is 14.1 Å². The Labute approximate surface area is 154 Å². The molecule has 1 aromatic heterocycles. The van der Waals surface area contributed by atoms with Crippen molar-refractivity contribution in [3.63, 3.8) is 0 Å². The van der Waals surface area contributed by atoms with Crippen LogP contribution in [0.4, 0.5) is 4.39 Å². The van der Waals surface area contributed by atoms with Crippen LogP contribution in [-0.4, -0.2) is 54.6 Å². The van der Waals surface area contributed by atoms with E-state index in [9.17, 15) is 4.39 Å². The number of benzene rings is 1. The Morgan fingerprint density at radius 1 is 1.19 bits per heavy atom. The lowest BCUT2D eigenvalue weighted by atomic mass is 10.2. The third-order valence-corrected chi connectivity index (χ3v) is 4.96. The minimum Gasteiger partial charge on any atom is -0.497 e. The van der Waals surface area contributed by atoms with Crippen LogP contribution in [0.1, 0.15) is 31.2 Å². The van der Waals surface area contributed by atoms with Gasteiger partial charge in [-0.1, -0.05) is 13.3 Å². The first kappa shape index (κ1) is 18.9. The van der Waals surface area contributed by atoms with Crippen LogP contribution in [0.3, 0.4) is 0 Å². The van der Waals surface area contributed by atoms with Crippen molar-refractivity contribution in [1.29, 1.82) is 0 Å². The van der Waals surface area contributed by atoms with Gasteiger partial charge in [0.15, 0.2) is 0 Å². The van der Waals surface area contributed by atoms with Gasteiger partial charge in [-0.05, 0) is 38.1 Å². The number of hydrogen-bond donors (Lipinski definition) is 0.